The van der Waals surface area contributed by atoms with Crippen LogP contribution in [-0.2, 0) is 0 Å². The van der Waals surface area contributed by atoms with Crippen molar-refractivity contribution in [3.8, 4) is 51.2 Å². The molecule has 6 nitrogen and oxygen atoms in total. The molecule has 0 amide bonds. The molecule has 0 aliphatic rings. The van der Waals surface area contributed by atoms with Gasteiger partial charge in [0.15, 0.2) is 17.5 Å². The van der Waals surface area contributed by atoms with E-state index in [9.17, 15) is 0 Å². The Kier molecular flexibility index (Phi) is 6.62. The van der Waals surface area contributed by atoms with Crippen molar-refractivity contribution >= 4 is 64.5 Å². The molecule has 0 atom stereocenters. The first-order chi connectivity index (χ1) is 26.3. The molecule has 0 aliphatic carbocycles. The highest BCUT2D eigenvalue weighted by Gasteiger charge is 2.21. The Labute approximate surface area is 307 Å². The summed E-state index contributed by atoms with van der Waals surface area (Å²) in [4.78, 5) is 20.7. The van der Waals surface area contributed by atoms with Crippen LogP contribution in [-0.4, -0.2) is 24.5 Å². The van der Waals surface area contributed by atoms with Crippen LogP contribution in [0, 0.1) is 0 Å². The quantitative estimate of drug-likeness (QED) is 0.179. The van der Waals surface area contributed by atoms with E-state index >= 15 is 0 Å². The number of hydrogen-bond donors (Lipinski definition) is 0. The van der Waals surface area contributed by atoms with Gasteiger partial charge in [-0.1, -0.05) is 103 Å². The van der Waals surface area contributed by atoms with Crippen molar-refractivity contribution in [2.24, 2.45) is 0 Å². The molecular formula is C46H27N5OS. The van der Waals surface area contributed by atoms with E-state index in [2.05, 4.69) is 95.6 Å². The van der Waals surface area contributed by atoms with Crippen LogP contribution in [0.2, 0.25) is 0 Å². The Morgan fingerprint density at radius 1 is 0.453 bits per heavy atom. The van der Waals surface area contributed by atoms with E-state index in [0.717, 1.165) is 82.2 Å². The second-order valence-electron chi connectivity index (χ2n) is 13.0. The summed E-state index contributed by atoms with van der Waals surface area (Å²) in [7, 11) is 0. The Bertz CT molecular complexity index is 3180. The molecular weight excluding hydrogens is 671 g/mol. The number of imidazole rings is 1. The molecule has 11 rings (SSSR count). The van der Waals surface area contributed by atoms with E-state index < -0.39 is 0 Å². The van der Waals surface area contributed by atoms with Crippen LogP contribution in [0.15, 0.2) is 168 Å². The molecule has 248 valence electrons. The van der Waals surface area contributed by atoms with Gasteiger partial charge in [-0.3, -0.25) is 4.57 Å². The lowest BCUT2D eigenvalue weighted by molar-refractivity contribution is 0.669. The van der Waals surface area contributed by atoms with E-state index in [0.29, 0.717) is 17.5 Å². The number of rotatable bonds is 5. The maximum absolute atomic E-state index is 6.27. The molecule has 0 unspecified atom stereocenters. The van der Waals surface area contributed by atoms with Gasteiger partial charge in [-0.05, 0) is 60.7 Å². The molecule has 0 saturated heterocycles. The van der Waals surface area contributed by atoms with Gasteiger partial charge in [0.25, 0.3) is 0 Å². The first kappa shape index (κ1) is 29.7. The van der Waals surface area contributed by atoms with Gasteiger partial charge in [-0.25, -0.2) is 19.9 Å². The Balaban J connectivity index is 1.16. The lowest BCUT2D eigenvalue weighted by Gasteiger charge is -2.11. The van der Waals surface area contributed by atoms with Crippen molar-refractivity contribution in [3.05, 3.63) is 164 Å². The summed E-state index contributed by atoms with van der Waals surface area (Å²) in [6.07, 6.45) is 0. The number of nitrogens with zero attached hydrogens (tertiary/aromatic N) is 5. The van der Waals surface area contributed by atoms with Crippen molar-refractivity contribution in [2.75, 3.05) is 0 Å². The molecule has 0 saturated carbocycles. The predicted molar refractivity (Wildman–Crippen MR) is 216 cm³/mol. The Hall–Kier alpha value is -6.96. The van der Waals surface area contributed by atoms with Gasteiger partial charge < -0.3 is 4.42 Å². The molecule has 7 aromatic carbocycles. The third-order valence-electron chi connectivity index (χ3n) is 9.88. The minimum atomic E-state index is 0.597. The van der Waals surface area contributed by atoms with Crippen molar-refractivity contribution < 1.29 is 4.42 Å². The topological polar surface area (TPSA) is 69.6 Å². The first-order valence-corrected chi connectivity index (χ1v) is 18.3. The van der Waals surface area contributed by atoms with Crippen LogP contribution in [0.25, 0.3) is 104 Å². The largest absolute Gasteiger partial charge is 0.456 e. The number of furan rings is 1. The van der Waals surface area contributed by atoms with Gasteiger partial charge in [-0.15, -0.1) is 11.3 Å². The summed E-state index contributed by atoms with van der Waals surface area (Å²) in [5.41, 5.74) is 8.53. The molecule has 11 aromatic rings. The van der Waals surface area contributed by atoms with Crippen LogP contribution in [0.4, 0.5) is 0 Å². The summed E-state index contributed by atoms with van der Waals surface area (Å²) >= 11 is 1.77. The number of hydrogen-bond acceptors (Lipinski definition) is 6. The fourth-order valence-corrected chi connectivity index (χ4v) is 8.62. The number of aromatic nitrogens is 5. The first-order valence-electron chi connectivity index (χ1n) is 17.5. The highest BCUT2D eigenvalue weighted by Crippen LogP contribution is 2.43. The normalized spacial score (nSPS) is 11.8. The molecule has 0 aliphatic heterocycles. The maximum Gasteiger partial charge on any atom is 0.164 e. The fourth-order valence-electron chi connectivity index (χ4n) is 7.50. The molecule has 0 radical (unpaired) electrons. The Morgan fingerprint density at radius 2 is 1.13 bits per heavy atom. The van der Waals surface area contributed by atoms with Gasteiger partial charge >= 0.3 is 0 Å². The summed E-state index contributed by atoms with van der Waals surface area (Å²) in [5.74, 6) is 2.72. The van der Waals surface area contributed by atoms with Crippen LogP contribution in [0.3, 0.4) is 0 Å². The summed E-state index contributed by atoms with van der Waals surface area (Å²) in [5, 5.41) is 4.27. The lowest BCUT2D eigenvalue weighted by Crippen LogP contribution is -2.00. The zero-order valence-corrected chi connectivity index (χ0v) is 29.0. The second kappa shape index (κ2) is 11.8. The van der Waals surface area contributed by atoms with Crippen LogP contribution < -0.4 is 0 Å². The van der Waals surface area contributed by atoms with E-state index in [1.807, 2.05) is 72.8 Å². The third-order valence-corrected chi connectivity index (χ3v) is 11.0. The van der Waals surface area contributed by atoms with Gasteiger partial charge in [0.2, 0.25) is 0 Å². The highest BCUT2D eigenvalue weighted by atomic mass is 32.1. The minimum Gasteiger partial charge on any atom is -0.456 e. The SMILES string of the molecule is c1ccc(-c2nc(-c3cccc4oc5ccccc5c34)nc(-c3cccc4sc5ccc(-c6nc7ccccc7n6-c6ccccc6)cc5c34)n2)cc1. The van der Waals surface area contributed by atoms with Gasteiger partial charge in [0, 0.05) is 58.9 Å². The van der Waals surface area contributed by atoms with E-state index in [4.69, 9.17) is 24.4 Å². The van der Waals surface area contributed by atoms with Crippen molar-refractivity contribution in [2.45, 2.75) is 0 Å². The highest BCUT2D eigenvalue weighted by molar-refractivity contribution is 7.26. The molecule has 4 aromatic heterocycles. The number of para-hydroxylation sites is 4. The minimum absolute atomic E-state index is 0.597. The zero-order chi connectivity index (χ0) is 34.9. The van der Waals surface area contributed by atoms with E-state index in [1.54, 1.807) is 11.3 Å². The van der Waals surface area contributed by atoms with Crippen molar-refractivity contribution in [3.63, 3.8) is 0 Å². The molecule has 0 fully saturated rings. The summed E-state index contributed by atoms with van der Waals surface area (Å²) < 4.78 is 10.9. The fraction of sp³-hybridized carbons (Fsp3) is 0. The molecule has 0 spiro atoms. The average molecular weight is 698 g/mol. The second-order valence-corrected chi connectivity index (χ2v) is 14.1. The molecule has 4 heterocycles. The average Bonchev–Trinajstić information content (AvgIpc) is 3.92. The lowest BCUT2D eigenvalue weighted by atomic mass is 10.0. The summed E-state index contributed by atoms with van der Waals surface area (Å²) in [6.45, 7) is 0. The molecule has 53 heavy (non-hydrogen) atoms. The van der Waals surface area contributed by atoms with E-state index in [1.165, 1.54) is 4.70 Å². The van der Waals surface area contributed by atoms with Crippen molar-refractivity contribution in [1.82, 2.24) is 24.5 Å². The monoisotopic (exact) mass is 697 g/mol. The van der Waals surface area contributed by atoms with Crippen LogP contribution in [0.5, 0.6) is 0 Å². The number of benzene rings is 7. The van der Waals surface area contributed by atoms with Crippen molar-refractivity contribution in [1.29, 1.82) is 0 Å². The zero-order valence-electron chi connectivity index (χ0n) is 28.1. The number of thiophene rings is 1. The predicted octanol–water partition coefficient (Wildman–Crippen LogP) is 12.1. The maximum atomic E-state index is 6.27. The summed E-state index contributed by atoms with van der Waals surface area (Å²) in [6, 6.07) is 56.1. The Morgan fingerprint density at radius 3 is 1.98 bits per heavy atom. The van der Waals surface area contributed by atoms with E-state index in [-0.39, 0.29) is 0 Å². The van der Waals surface area contributed by atoms with Gasteiger partial charge in [0.1, 0.15) is 17.0 Å². The smallest absolute Gasteiger partial charge is 0.164 e. The van der Waals surface area contributed by atoms with Crippen LogP contribution >= 0.6 is 11.3 Å². The molecule has 0 bridgehead atoms. The molecule has 0 N–H and O–H groups in total. The number of fused-ring (bicyclic) bond motifs is 7. The van der Waals surface area contributed by atoms with Gasteiger partial charge in [-0.2, -0.15) is 0 Å². The standard InChI is InChI=1S/C46H27N5OS/c1-3-13-28(14-4-1)43-48-44(32-18-11-23-38-41(32)31-17-7-10-22-37(31)52-38)50-45(49-43)33-19-12-24-40-42(33)34-27-29(25-26-39(34)53-40)46-47-35-20-8-9-21-36(35)51(46)30-15-5-2-6-16-30/h1-27H. The van der Waals surface area contributed by atoms with Crippen LogP contribution in [0.1, 0.15) is 0 Å². The molecule has 7 heteroatoms. The third kappa shape index (κ3) is 4.79. The van der Waals surface area contributed by atoms with Gasteiger partial charge in [0.05, 0.1) is 11.0 Å².